The van der Waals surface area contributed by atoms with E-state index in [1.165, 1.54) is 4.68 Å². The first kappa shape index (κ1) is 14.9. The van der Waals surface area contributed by atoms with Crippen molar-refractivity contribution < 1.29 is 14.5 Å². The summed E-state index contributed by atoms with van der Waals surface area (Å²) in [5.41, 5.74) is 0.561. The first-order valence-electron chi connectivity index (χ1n) is 6.19. The second-order valence-corrected chi connectivity index (χ2v) is 5.33. The van der Waals surface area contributed by atoms with Crippen molar-refractivity contribution in [2.45, 2.75) is 19.9 Å². The van der Waals surface area contributed by atoms with E-state index in [0.717, 1.165) is 0 Å². The SMILES string of the molecule is Cc1c(Br)c([N+](=O)[O-])nn1[C@H](C)C(=O)N1CCOCC1. The lowest BCUT2D eigenvalue weighted by Gasteiger charge is -2.28. The Labute approximate surface area is 124 Å². The van der Waals surface area contributed by atoms with Gasteiger partial charge in [0.15, 0.2) is 0 Å². The standard InChI is InChI=1S/C11H15BrN4O4/c1-7-9(12)10(16(18)19)13-15(7)8(2)11(17)14-3-5-20-6-4-14/h8H,3-6H2,1-2H3/t8-/m1/s1. The molecule has 1 amide bonds. The summed E-state index contributed by atoms with van der Waals surface area (Å²) >= 11 is 3.15. The number of carbonyl (C=O) groups excluding carboxylic acids is 1. The van der Waals surface area contributed by atoms with Gasteiger partial charge in [-0.2, -0.15) is 4.68 Å². The fraction of sp³-hybridized carbons (Fsp3) is 0.636. The smallest absolute Gasteiger partial charge is 0.378 e. The van der Waals surface area contributed by atoms with Crippen molar-refractivity contribution in [1.29, 1.82) is 0 Å². The lowest BCUT2D eigenvalue weighted by molar-refractivity contribution is -0.390. The van der Waals surface area contributed by atoms with Crippen molar-refractivity contribution in [2.24, 2.45) is 0 Å². The van der Waals surface area contributed by atoms with Crippen molar-refractivity contribution >= 4 is 27.7 Å². The molecule has 1 aliphatic rings. The molecule has 0 radical (unpaired) electrons. The van der Waals surface area contributed by atoms with Crippen molar-refractivity contribution in [1.82, 2.24) is 14.7 Å². The first-order chi connectivity index (χ1) is 9.43. The highest BCUT2D eigenvalue weighted by molar-refractivity contribution is 9.10. The van der Waals surface area contributed by atoms with Gasteiger partial charge in [-0.1, -0.05) is 0 Å². The number of carbonyl (C=O) groups is 1. The lowest BCUT2D eigenvalue weighted by Crippen LogP contribution is -2.44. The van der Waals surface area contributed by atoms with Crippen LogP contribution >= 0.6 is 15.9 Å². The summed E-state index contributed by atoms with van der Waals surface area (Å²) in [5.74, 6) is -0.384. The largest absolute Gasteiger partial charge is 0.404 e. The number of amides is 1. The number of aromatic nitrogens is 2. The first-order valence-corrected chi connectivity index (χ1v) is 6.98. The molecule has 1 atom stereocenters. The van der Waals surface area contributed by atoms with E-state index < -0.39 is 11.0 Å². The monoisotopic (exact) mass is 346 g/mol. The minimum Gasteiger partial charge on any atom is -0.378 e. The molecule has 2 rings (SSSR count). The van der Waals surface area contributed by atoms with Gasteiger partial charge in [0.1, 0.15) is 10.5 Å². The van der Waals surface area contributed by atoms with Crippen molar-refractivity contribution in [3.8, 4) is 0 Å². The highest BCUT2D eigenvalue weighted by Crippen LogP contribution is 2.29. The van der Waals surface area contributed by atoms with E-state index in [9.17, 15) is 14.9 Å². The van der Waals surface area contributed by atoms with Crippen molar-refractivity contribution in [3.05, 3.63) is 20.3 Å². The van der Waals surface area contributed by atoms with Crippen LogP contribution in [0.25, 0.3) is 0 Å². The Kier molecular flexibility index (Phi) is 4.39. The maximum Gasteiger partial charge on any atom is 0.404 e. The molecule has 0 unspecified atom stereocenters. The molecule has 9 heteroatoms. The predicted molar refractivity (Wildman–Crippen MR) is 73.4 cm³/mol. The van der Waals surface area contributed by atoms with E-state index >= 15 is 0 Å². The van der Waals surface area contributed by atoms with Crippen molar-refractivity contribution in [3.63, 3.8) is 0 Å². The van der Waals surface area contributed by atoms with Crippen LogP contribution in [-0.4, -0.2) is 51.8 Å². The van der Waals surface area contributed by atoms with E-state index in [-0.39, 0.29) is 11.7 Å². The van der Waals surface area contributed by atoms with Crippen LogP contribution in [-0.2, 0) is 9.53 Å². The zero-order chi connectivity index (χ0) is 14.9. The molecule has 0 N–H and O–H groups in total. The molecule has 1 aromatic heterocycles. The summed E-state index contributed by atoms with van der Waals surface area (Å²) in [6.07, 6.45) is 0. The van der Waals surface area contributed by atoms with Gasteiger partial charge in [-0.25, -0.2) is 0 Å². The van der Waals surface area contributed by atoms with Gasteiger partial charge in [0.05, 0.1) is 24.0 Å². The third-order valence-electron chi connectivity index (χ3n) is 3.28. The summed E-state index contributed by atoms with van der Waals surface area (Å²) in [4.78, 5) is 24.4. The third kappa shape index (κ3) is 2.68. The number of morpholine rings is 1. The Morgan fingerprint density at radius 3 is 2.60 bits per heavy atom. The van der Waals surface area contributed by atoms with Gasteiger partial charge in [0.25, 0.3) is 0 Å². The Balaban J connectivity index is 2.24. The third-order valence-corrected chi connectivity index (χ3v) is 4.21. The second-order valence-electron chi connectivity index (χ2n) is 4.54. The van der Waals surface area contributed by atoms with Crippen LogP contribution in [0.4, 0.5) is 5.82 Å². The zero-order valence-corrected chi connectivity index (χ0v) is 12.8. The van der Waals surface area contributed by atoms with Crippen LogP contribution in [0.1, 0.15) is 18.7 Å². The lowest BCUT2D eigenvalue weighted by atomic mass is 10.2. The van der Waals surface area contributed by atoms with Crippen LogP contribution in [0, 0.1) is 17.0 Å². The van der Waals surface area contributed by atoms with Gasteiger partial charge >= 0.3 is 5.82 Å². The molecule has 8 nitrogen and oxygen atoms in total. The number of hydrogen-bond acceptors (Lipinski definition) is 5. The molecule has 1 aliphatic heterocycles. The average Bonchev–Trinajstić information content (AvgIpc) is 2.75. The van der Waals surface area contributed by atoms with E-state index in [2.05, 4.69) is 21.0 Å². The van der Waals surface area contributed by atoms with E-state index in [1.54, 1.807) is 18.7 Å². The number of rotatable bonds is 3. The van der Waals surface area contributed by atoms with Crippen LogP contribution in [0.2, 0.25) is 0 Å². The fourth-order valence-corrected chi connectivity index (χ4v) is 2.54. The van der Waals surface area contributed by atoms with Gasteiger partial charge in [-0.3, -0.25) is 4.79 Å². The highest BCUT2D eigenvalue weighted by atomic mass is 79.9. The summed E-state index contributed by atoms with van der Waals surface area (Å²) in [6, 6.07) is -0.585. The van der Waals surface area contributed by atoms with Crippen molar-refractivity contribution in [2.75, 3.05) is 26.3 Å². The number of hydrogen-bond donors (Lipinski definition) is 0. The van der Waals surface area contributed by atoms with Gasteiger partial charge in [0, 0.05) is 13.1 Å². The normalized spacial score (nSPS) is 17.1. The maximum atomic E-state index is 12.4. The Bertz CT molecular complexity index is 539. The predicted octanol–water partition coefficient (Wildman–Crippen LogP) is 1.28. The number of ether oxygens (including phenoxy) is 1. The van der Waals surface area contributed by atoms with Gasteiger partial charge in [0.2, 0.25) is 5.91 Å². The minimum atomic E-state index is -0.585. The van der Waals surface area contributed by atoms with Gasteiger partial charge in [-0.05, 0) is 34.7 Å². The molecular weight excluding hydrogens is 332 g/mol. The van der Waals surface area contributed by atoms with Crippen LogP contribution in [0.15, 0.2) is 4.47 Å². The average molecular weight is 347 g/mol. The molecule has 20 heavy (non-hydrogen) atoms. The van der Waals surface area contributed by atoms with Crippen LogP contribution in [0.5, 0.6) is 0 Å². The maximum absolute atomic E-state index is 12.4. The molecule has 0 saturated carbocycles. The molecular formula is C11H15BrN4O4. The Morgan fingerprint density at radius 2 is 2.10 bits per heavy atom. The number of halogens is 1. The molecule has 2 heterocycles. The summed E-state index contributed by atoms with van der Waals surface area (Å²) in [7, 11) is 0. The van der Waals surface area contributed by atoms with E-state index in [1.807, 2.05) is 0 Å². The van der Waals surface area contributed by atoms with Gasteiger partial charge in [-0.15, -0.1) is 0 Å². The fourth-order valence-electron chi connectivity index (χ4n) is 2.13. The molecule has 0 aromatic carbocycles. The minimum absolute atomic E-state index is 0.110. The molecule has 0 spiro atoms. The summed E-state index contributed by atoms with van der Waals surface area (Å²) in [6.45, 7) is 5.47. The van der Waals surface area contributed by atoms with Crippen LogP contribution in [0.3, 0.4) is 0 Å². The molecule has 0 bridgehead atoms. The Hall–Kier alpha value is -1.48. The second kappa shape index (κ2) is 5.88. The summed E-state index contributed by atoms with van der Waals surface area (Å²) in [5, 5.41) is 14.8. The topological polar surface area (TPSA) is 90.5 Å². The molecule has 1 saturated heterocycles. The van der Waals surface area contributed by atoms with E-state index in [4.69, 9.17) is 4.74 Å². The van der Waals surface area contributed by atoms with E-state index in [0.29, 0.717) is 36.5 Å². The molecule has 1 fully saturated rings. The zero-order valence-electron chi connectivity index (χ0n) is 11.2. The molecule has 1 aromatic rings. The highest BCUT2D eigenvalue weighted by Gasteiger charge is 2.31. The summed E-state index contributed by atoms with van der Waals surface area (Å²) < 4.78 is 6.90. The van der Waals surface area contributed by atoms with Gasteiger partial charge < -0.3 is 19.8 Å². The Morgan fingerprint density at radius 1 is 1.50 bits per heavy atom. The molecule has 110 valence electrons. The van der Waals surface area contributed by atoms with Crippen LogP contribution < -0.4 is 0 Å². The quantitative estimate of drug-likeness (QED) is 0.607. The molecule has 0 aliphatic carbocycles. The number of nitro groups is 1. The number of nitrogens with zero attached hydrogens (tertiary/aromatic N) is 4.